The van der Waals surface area contributed by atoms with Crippen molar-refractivity contribution in [1.29, 1.82) is 0 Å². The molecule has 2 aromatic rings. The second-order valence-corrected chi connectivity index (χ2v) is 9.29. The van der Waals surface area contributed by atoms with Crippen LogP contribution < -0.4 is 4.90 Å². The highest BCUT2D eigenvalue weighted by atomic mass is 16.2. The van der Waals surface area contributed by atoms with E-state index in [1.165, 1.54) is 36.8 Å². The minimum atomic E-state index is -0.434. The van der Waals surface area contributed by atoms with Gasteiger partial charge in [-0.05, 0) is 41.7 Å². The third-order valence-corrected chi connectivity index (χ3v) is 7.30. The summed E-state index contributed by atoms with van der Waals surface area (Å²) < 4.78 is 0. The number of likely N-dealkylation sites (tertiary alicyclic amines) is 1. The summed E-state index contributed by atoms with van der Waals surface area (Å²) in [5, 5.41) is 0. The van der Waals surface area contributed by atoms with Gasteiger partial charge < -0.3 is 4.90 Å². The predicted molar refractivity (Wildman–Crippen MR) is 128 cm³/mol. The lowest BCUT2D eigenvalue weighted by atomic mass is 9.82. The van der Waals surface area contributed by atoms with E-state index in [2.05, 4.69) is 48.2 Å². The van der Waals surface area contributed by atoms with E-state index < -0.39 is 5.92 Å². The highest BCUT2D eigenvalue weighted by molar-refractivity contribution is 6.18. The maximum absolute atomic E-state index is 13.7. The molecule has 1 fully saturated rings. The molecule has 2 atom stereocenters. The number of para-hydroxylation sites is 1. The molecule has 32 heavy (non-hydrogen) atoms. The molecule has 4 heteroatoms. The van der Waals surface area contributed by atoms with Gasteiger partial charge in [0.05, 0.1) is 12.0 Å². The lowest BCUT2D eigenvalue weighted by Crippen LogP contribution is -2.42. The molecule has 1 saturated heterocycles. The van der Waals surface area contributed by atoms with Gasteiger partial charge in [-0.15, -0.1) is 0 Å². The highest BCUT2D eigenvalue weighted by Gasteiger charge is 2.51. The molecule has 0 saturated carbocycles. The average molecular weight is 429 g/mol. The predicted octanol–water partition coefficient (Wildman–Crippen LogP) is 5.53. The molecule has 3 aliphatic heterocycles. The molecule has 2 amide bonds. The van der Waals surface area contributed by atoms with Crippen molar-refractivity contribution in [1.82, 2.24) is 4.90 Å². The van der Waals surface area contributed by atoms with Gasteiger partial charge in [0, 0.05) is 24.4 Å². The standard InChI is InChI=1S/C28H32N2O2/c1-2-3-4-5-6-11-17-30-27(31)23-19-21-13-8-10-15-24(21)29-18-16-20-12-7-9-14-22(20)26(29)25(23)28(30)32/h7-10,12-15,19,25-26H,2-6,11,16-18H2,1H3. The number of anilines is 1. The SMILES string of the molecule is CCCCCCCCN1C(=O)C2=Cc3ccccc3N3CCc4ccccc4C3C2C1=O. The summed E-state index contributed by atoms with van der Waals surface area (Å²) in [4.78, 5) is 31.1. The minimum Gasteiger partial charge on any atom is -0.363 e. The normalized spacial score (nSPS) is 21.5. The van der Waals surface area contributed by atoms with E-state index in [9.17, 15) is 9.59 Å². The number of carbonyl (C=O) groups is 2. The second kappa shape index (κ2) is 8.93. The van der Waals surface area contributed by atoms with Crippen molar-refractivity contribution in [2.24, 2.45) is 5.92 Å². The Morgan fingerprint density at radius 1 is 0.906 bits per heavy atom. The van der Waals surface area contributed by atoms with E-state index in [1.807, 2.05) is 18.2 Å². The first-order valence-electron chi connectivity index (χ1n) is 12.2. The van der Waals surface area contributed by atoms with Crippen molar-refractivity contribution in [3.05, 3.63) is 70.8 Å². The Balaban J connectivity index is 1.49. The number of fused-ring (bicyclic) bond motifs is 7. The Morgan fingerprint density at radius 2 is 1.66 bits per heavy atom. The van der Waals surface area contributed by atoms with E-state index in [0.717, 1.165) is 37.1 Å². The van der Waals surface area contributed by atoms with E-state index in [0.29, 0.717) is 12.1 Å². The van der Waals surface area contributed by atoms with E-state index in [1.54, 1.807) is 4.90 Å². The van der Waals surface area contributed by atoms with Gasteiger partial charge in [-0.2, -0.15) is 0 Å². The molecule has 2 unspecified atom stereocenters. The maximum Gasteiger partial charge on any atom is 0.257 e. The van der Waals surface area contributed by atoms with E-state index >= 15 is 0 Å². The van der Waals surface area contributed by atoms with Gasteiger partial charge >= 0.3 is 0 Å². The summed E-state index contributed by atoms with van der Waals surface area (Å²) in [5.41, 5.74) is 5.31. The molecule has 0 radical (unpaired) electrons. The number of rotatable bonds is 7. The zero-order valence-electron chi connectivity index (χ0n) is 18.9. The molecule has 4 nitrogen and oxygen atoms in total. The number of unbranched alkanes of at least 4 members (excludes halogenated alkanes) is 5. The molecule has 5 rings (SSSR count). The van der Waals surface area contributed by atoms with Crippen LogP contribution in [0.5, 0.6) is 0 Å². The molecule has 2 aromatic carbocycles. The van der Waals surface area contributed by atoms with E-state index in [4.69, 9.17) is 0 Å². The fourth-order valence-electron chi connectivity index (χ4n) is 5.68. The van der Waals surface area contributed by atoms with Crippen LogP contribution in [0.2, 0.25) is 0 Å². The third kappa shape index (κ3) is 3.56. The Labute approximate surface area is 190 Å². The summed E-state index contributed by atoms with van der Waals surface area (Å²) in [6.45, 7) is 3.60. The summed E-state index contributed by atoms with van der Waals surface area (Å²) >= 11 is 0. The van der Waals surface area contributed by atoms with Crippen LogP contribution in [0, 0.1) is 5.92 Å². The van der Waals surface area contributed by atoms with Crippen molar-refractivity contribution in [3.63, 3.8) is 0 Å². The fraction of sp³-hybridized carbons (Fsp3) is 0.429. The first kappa shape index (κ1) is 21.0. The first-order chi connectivity index (χ1) is 15.7. The van der Waals surface area contributed by atoms with Crippen LogP contribution in [0.1, 0.15) is 68.2 Å². The number of nitrogens with zero attached hydrogens (tertiary/aromatic N) is 2. The minimum absolute atomic E-state index is 0.0192. The van der Waals surface area contributed by atoms with Crippen molar-refractivity contribution in [2.75, 3.05) is 18.0 Å². The van der Waals surface area contributed by atoms with Gasteiger partial charge in [0.2, 0.25) is 5.91 Å². The Hall–Kier alpha value is -2.88. The molecule has 0 bridgehead atoms. The van der Waals surface area contributed by atoms with Gasteiger partial charge in [-0.3, -0.25) is 14.5 Å². The molecule has 166 valence electrons. The zero-order chi connectivity index (χ0) is 22.1. The number of hydrogen-bond donors (Lipinski definition) is 0. The van der Waals surface area contributed by atoms with Crippen molar-refractivity contribution in [3.8, 4) is 0 Å². The van der Waals surface area contributed by atoms with Gasteiger partial charge in [0.1, 0.15) is 0 Å². The van der Waals surface area contributed by atoms with Crippen molar-refractivity contribution in [2.45, 2.75) is 57.9 Å². The van der Waals surface area contributed by atoms with Gasteiger partial charge in [-0.25, -0.2) is 0 Å². The average Bonchev–Trinajstić information content (AvgIpc) is 2.96. The topological polar surface area (TPSA) is 40.6 Å². The molecule has 3 heterocycles. The molecule has 0 aliphatic carbocycles. The number of hydrogen-bond acceptors (Lipinski definition) is 3. The molecule has 3 aliphatic rings. The molecule has 0 aromatic heterocycles. The maximum atomic E-state index is 13.7. The molecule has 0 N–H and O–H groups in total. The Bertz CT molecular complexity index is 1060. The third-order valence-electron chi connectivity index (χ3n) is 7.30. The molecular formula is C28H32N2O2. The fourth-order valence-corrected chi connectivity index (χ4v) is 5.68. The van der Waals surface area contributed by atoms with Crippen LogP contribution in [0.15, 0.2) is 54.1 Å². The van der Waals surface area contributed by atoms with Crippen molar-refractivity contribution < 1.29 is 9.59 Å². The van der Waals surface area contributed by atoms with Crippen LogP contribution in [0.3, 0.4) is 0 Å². The Kier molecular flexibility index (Phi) is 5.86. The van der Waals surface area contributed by atoms with Crippen LogP contribution in [0.25, 0.3) is 6.08 Å². The Morgan fingerprint density at radius 3 is 2.53 bits per heavy atom. The smallest absolute Gasteiger partial charge is 0.257 e. The summed E-state index contributed by atoms with van der Waals surface area (Å²) in [6.07, 6.45) is 9.79. The first-order valence-corrected chi connectivity index (χ1v) is 12.2. The van der Waals surface area contributed by atoms with Crippen LogP contribution in [-0.2, 0) is 16.0 Å². The highest BCUT2D eigenvalue weighted by Crippen LogP contribution is 2.48. The second-order valence-electron chi connectivity index (χ2n) is 9.29. The molecule has 0 spiro atoms. The lowest BCUT2D eigenvalue weighted by Gasteiger charge is -2.41. The van der Waals surface area contributed by atoms with Crippen LogP contribution >= 0.6 is 0 Å². The van der Waals surface area contributed by atoms with Gasteiger partial charge in [-0.1, -0.05) is 81.5 Å². The summed E-state index contributed by atoms with van der Waals surface area (Å²) in [5.74, 6) is -0.543. The summed E-state index contributed by atoms with van der Waals surface area (Å²) in [6, 6.07) is 16.6. The van der Waals surface area contributed by atoms with Crippen molar-refractivity contribution >= 4 is 23.6 Å². The number of carbonyl (C=O) groups excluding carboxylic acids is 2. The van der Waals surface area contributed by atoms with Gasteiger partial charge in [0.15, 0.2) is 0 Å². The number of benzene rings is 2. The van der Waals surface area contributed by atoms with Crippen LogP contribution in [-0.4, -0.2) is 29.8 Å². The number of imide groups is 1. The monoisotopic (exact) mass is 428 g/mol. The largest absolute Gasteiger partial charge is 0.363 e. The quantitative estimate of drug-likeness (QED) is 0.430. The van der Waals surface area contributed by atoms with Crippen LogP contribution in [0.4, 0.5) is 5.69 Å². The van der Waals surface area contributed by atoms with Gasteiger partial charge in [0.25, 0.3) is 5.91 Å². The zero-order valence-corrected chi connectivity index (χ0v) is 18.9. The van der Waals surface area contributed by atoms with E-state index in [-0.39, 0.29) is 17.9 Å². The number of amides is 2. The lowest BCUT2D eigenvalue weighted by molar-refractivity contribution is -0.139. The summed E-state index contributed by atoms with van der Waals surface area (Å²) in [7, 11) is 0. The molecular weight excluding hydrogens is 396 g/mol.